The van der Waals surface area contributed by atoms with Crippen molar-refractivity contribution < 1.29 is 4.39 Å². The van der Waals surface area contributed by atoms with Crippen LogP contribution in [0.25, 0.3) is 0 Å². The van der Waals surface area contributed by atoms with E-state index in [-0.39, 0.29) is 11.1 Å². The van der Waals surface area contributed by atoms with Crippen molar-refractivity contribution >= 4 is 39.1 Å². The molecule has 2 nitrogen and oxygen atoms in total. The second kappa shape index (κ2) is 6.87. The third-order valence-corrected chi connectivity index (χ3v) is 3.88. The van der Waals surface area contributed by atoms with Gasteiger partial charge in [0.05, 0.1) is 11.1 Å². The molecule has 0 aromatic heterocycles. The smallest absolute Gasteiger partial charge is 0.141 e. The minimum Gasteiger partial charge on any atom is -0.271 e. The largest absolute Gasteiger partial charge is 0.271 e. The molecule has 0 heterocycles. The van der Waals surface area contributed by atoms with Gasteiger partial charge in [0.2, 0.25) is 0 Å². The Morgan fingerprint density at radius 3 is 2.55 bits per heavy atom. The SMILES string of the molecule is NNC(Cc1ccc(F)c(Cl)c1)c1cc(Cl)cc(Br)c1. The van der Waals surface area contributed by atoms with E-state index < -0.39 is 5.82 Å². The van der Waals surface area contributed by atoms with Crippen molar-refractivity contribution in [2.75, 3.05) is 0 Å². The summed E-state index contributed by atoms with van der Waals surface area (Å²) in [5, 5.41) is 0.720. The van der Waals surface area contributed by atoms with Gasteiger partial charge in [-0.05, 0) is 47.9 Å². The lowest BCUT2D eigenvalue weighted by Crippen LogP contribution is -2.29. The fraction of sp³-hybridized carbons (Fsp3) is 0.143. The zero-order chi connectivity index (χ0) is 14.7. The van der Waals surface area contributed by atoms with Crippen molar-refractivity contribution in [3.8, 4) is 0 Å². The first-order valence-corrected chi connectivity index (χ1v) is 7.40. The molecule has 0 aliphatic heterocycles. The van der Waals surface area contributed by atoms with E-state index >= 15 is 0 Å². The van der Waals surface area contributed by atoms with Gasteiger partial charge in [-0.2, -0.15) is 0 Å². The summed E-state index contributed by atoms with van der Waals surface area (Å²) < 4.78 is 14.0. The molecule has 0 spiro atoms. The molecule has 2 aromatic rings. The van der Waals surface area contributed by atoms with Crippen molar-refractivity contribution in [3.05, 3.63) is 67.9 Å². The average Bonchev–Trinajstić information content (AvgIpc) is 2.38. The Morgan fingerprint density at radius 2 is 1.95 bits per heavy atom. The Hall–Kier alpha value is -0.650. The molecule has 0 fully saturated rings. The van der Waals surface area contributed by atoms with Gasteiger partial charge >= 0.3 is 0 Å². The number of benzene rings is 2. The van der Waals surface area contributed by atoms with Gasteiger partial charge in [0.1, 0.15) is 5.82 Å². The number of halogens is 4. The highest BCUT2D eigenvalue weighted by Gasteiger charge is 2.13. The lowest BCUT2D eigenvalue weighted by atomic mass is 9.99. The van der Waals surface area contributed by atoms with Crippen molar-refractivity contribution in [3.63, 3.8) is 0 Å². The van der Waals surface area contributed by atoms with Gasteiger partial charge in [0.15, 0.2) is 0 Å². The molecule has 0 aliphatic carbocycles. The van der Waals surface area contributed by atoms with Crippen LogP contribution in [-0.4, -0.2) is 0 Å². The molecule has 2 aromatic carbocycles. The molecule has 106 valence electrons. The highest BCUT2D eigenvalue weighted by atomic mass is 79.9. The normalized spacial score (nSPS) is 12.4. The van der Waals surface area contributed by atoms with Gasteiger partial charge in [-0.1, -0.05) is 45.2 Å². The molecule has 0 saturated heterocycles. The summed E-state index contributed by atoms with van der Waals surface area (Å²) in [7, 11) is 0. The fourth-order valence-electron chi connectivity index (χ4n) is 1.95. The van der Waals surface area contributed by atoms with Crippen molar-refractivity contribution in [1.29, 1.82) is 0 Å². The van der Waals surface area contributed by atoms with E-state index in [1.165, 1.54) is 6.07 Å². The maximum atomic E-state index is 13.2. The van der Waals surface area contributed by atoms with Crippen LogP contribution in [0.5, 0.6) is 0 Å². The predicted octanol–water partition coefficient (Wildman–Crippen LogP) is 4.64. The number of nitrogens with two attached hydrogens (primary N) is 1. The van der Waals surface area contributed by atoms with Gasteiger partial charge in [-0.15, -0.1) is 0 Å². The molecule has 0 radical (unpaired) electrons. The highest BCUT2D eigenvalue weighted by Crippen LogP contribution is 2.26. The summed E-state index contributed by atoms with van der Waals surface area (Å²) in [6.07, 6.45) is 0.573. The van der Waals surface area contributed by atoms with E-state index in [0.29, 0.717) is 11.4 Å². The first kappa shape index (κ1) is 15.7. The third-order valence-electron chi connectivity index (χ3n) is 2.91. The Labute approximate surface area is 135 Å². The maximum Gasteiger partial charge on any atom is 0.141 e. The van der Waals surface area contributed by atoms with E-state index in [9.17, 15) is 4.39 Å². The molecule has 0 bridgehead atoms. The number of hydrogen-bond donors (Lipinski definition) is 2. The second-order valence-corrected chi connectivity index (χ2v) is 6.13. The monoisotopic (exact) mass is 376 g/mol. The summed E-state index contributed by atoms with van der Waals surface area (Å²) in [6.45, 7) is 0. The molecule has 2 rings (SSSR count). The molecule has 1 unspecified atom stereocenters. The van der Waals surface area contributed by atoms with Crippen LogP contribution in [0.3, 0.4) is 0 Å². The molecule has 1 atom stereocenters. The number of hydrogen-bond acceptors (Lipinski definition) is 2. The van der Waals surface area contributed by atoms with E-state index in [2.05, 4.69) is 21.4 Å². The third kappa shape index (κ3) is 3.93. The first-order valence-electron chi connectivity index (χ1n) is 5.85. The Kier molecular flexibility index (Phi) is 5.41. The summed E-state index contributed by atoms with van der Waals surface area (Å²) in [4.78, 5) is 0. The van der Waals surface area contributed by atoms with E-state index in [0.717, 1.165) is 15.6 Å². The van der Waals surface area contributed by atoms with Crippen LogP contribution in [0.4, 0.5) is 4.39 Å². The van der Waals surface area contributed by atoms with Gasteiger partial charge in [0.25, 0.3) is 0 Å². The molecule has 20 heavy (non-hydrogen) atoms. The van der Waals surface area contributed by atoms with Gasteiger partial charge < -0.3 is 0 Å². The minimum atomic E-state index is -0.432. The van der Waals surface area contributed by atoms with Gasteiger partial charge in [-0.3, -0.25) is 11.3 Å². The lowest BCUT2D eigenvalue weighted by molar-refractivity contribution is 0.550. The van der Waals surface area contributed by atoms with Crippen LogP contribution >= 0.6 is 39.1 Å². The lowest BCUT2D eigenvalue weighted by Gasteiger charge is -2.17. The quantitative estimate of drug-likeness (QED) is 0.601. The van der Waals surface area contributed by atoms with Crippen LogP contribution in [0.1, 0.15) is 17.2 Å². The second-order valence-electron chi connectivity index (χ2n) is 4.37. The van der Waals surface area contributed by atoms with Gasteiger partial charge in [-0.25, -0.2) is 4.39 Å². The van der Waals surface area contributed by atoms with Crippen LogP contribution < -0.4 is 11.3 Å². The van der Waals surface area contributed by atoms with E-state index in [4.69, 9.17) is 29.0 Å². The molecule has 0 saturated carbocycles. The highest BCUT2D eigenvalue weighted by molar-refractivity contribution is 9.10. The Bertz CT molecular complexity index is 602. The van der Waals surface area contributed by atoms with Crippen molar-refractivity contribution in [2.45, 2.75) is 12.5 Å². The van der Waals surface area contributed by atoms with Crippen molar-refractivity contribution in [2.24, 2.45) is 5.84 Å². The van der Waals surface area contributed by atoms with E-state index in [1.54, 1.807) is 18.2 Å². The molecular formula is C14H12BrCl2FN2. The first-order chi connectivity index (χ1) is 9.49. The predicted molar refractivity (Wildman–Crippen MR) is 84.3 cm³/mol. The topological polar surface area (TPSA) is 38.0 Å². The summed E-state index contributed by atoms with van der Waals surface area (Å²) >= 11 is 15.2. The van der Waals surface area contributed by atoms with Crippen LogP contribution in [0.15, 0.2) is 40.9 Å². The number of hydrazine groups is 1. The summed E-state index contributed by atoms with van der Waals surface area (Å²) in [5.74, 6) is 5.17. The molecule has 0 aliphatic rings. The van der Waals surface area contributed by atoms with Crippen LogP contribution in [0.2, 0.25) is 10.0 Å². The molecule has 3 N–H and O–H groups in total. The Morgan fingerprint density at radius 1 is 1.20 bits per heavy atom. The van der Waals surface area contributed by atoms with Crippen LogP contribution in [0, 0.1) is 5.82 Å². The number of nitrogens with one attached hydrogen (secondary N) is 1. The zero-order valence-electron chi connectivity index (χ0n) is 10.3. The van der Waals surface area contributed by atoms with Crippen LogP contribution in [-0.2, 0) is 6.42 Å². The minimum absolute atomic E-state index is 0.102. The maximum absolute atomic E-state index is 13.2. The summed E-state index contributed by atoms with van der Waals surface area (Å²) in [5.41, 5.74) is 4.56. The summed E-state index contributed by atoms with van der Waals surface area (Å²) in [6, 6.07) is 10.0. The van der Waals surface area contributed by atoms with Crippen molar-refractivity contribution in [1.82, 2.24) is 5.43 Å². The Balaban J connectivity index is 2.26. The standard InChI is InChI=1S/C14H12BrCl2FN2/c15-10-5-9(6-11(16)7-10)14(20-19)4-8-1-2-13(18)12(17)3-8/h1-3,5-7,14,20H,4,19H2. The average molecular weight is 378 g/mol. The number of rotatable bonds is 4. The van der Waals surface area contributed by atoms with Gasteiger partial charge in [0, 0.05) is 9.50 Å². The molecular weight excluding hydrogens is 366 g/mol. The fourth-order valence-corrected chi connectivity index (χ4v) is 3.04. The van der Waals surface area contributed by atoms with E-state index in [1.807, 2.05) is 12.1 Å². The molecule has 6 heteroatoms. The zero-order valence-corrected chi connectivity index (χ0v) is 13.4. The molecule has 0 amide bonds.